The summed E-state index contributed by atoms with van der Waals surface area (Å²) in [7, 11) is 0. The highest BCUT2D eigenvalue weighted by Crippen LogP contribution is 2.34. The summed E-state index contributed by atoms with van der Waals surface area (Å²) in [5.41, 5.74) is 8.58. The molecule has 1 aromatic rings. The van der Waals surface area contributed by atoms with Gasteiger partial charge in [-0.25, -0.2) is 4.98 Å². The summed E-state index contributed by atoms with van der Waals surface area (Å²) in [5, 5.41) is 12.2. The van der Waals surface area contributed by atoms with E-state index in [1.54, 1.807) is 0 Å². The van der Waals surface area contributed by atoms with Crippen LogP contribution in [0.3, 0.4) is 0 Å². The van der Waals surface area contributed by atoms with Crippen molar-refractivity contribution < 1.29 is 5.21 Å². The Kier molecular flexibility index (Phi) is 4.16. The maximum atomic E-state index is 9.04. The minimum atomic E-state index is 0.138. The van der Waals surface area contributed by atoms with Crippen LogP contribution in [0.25, 0.3) is 0 Å². The first-order valence-corrected chi connectivity index (χ1v) is 7.16. The van der Waals surface area contributed by atoms with Crippen molar-refractivity contribution in [2.75, 3.05) is 11.4 Å². The van der Waals surface area contributed by atoms with E-state index in [1.165, 1.54) is 12.8 Å². The first-order chi connectivity index (χ1) is 9.43. The molecule has 0 spiro atoms. The van der Waals surface area contributed by atoms with Crippen molar-refractivity contribution in [2.24, 2.45) is 16.8 Å². The molecule has 1 aliphatic carbocycles. The number of nitrogens with two attached hydrogens (primary N) is 1. The number of rotatable bonds is 5. The molecular weight excluding hydrogens is 252 g/mol. The number of aromatic nitrogens is 1. The van der Waals surface area contributed by atoms with Crippen LogP contribution in [-0.2, 0) is 0 Å². The minimum absolute atomic E-state index is 0.138. The molecule has 0 amide bonds. The topological polar surface area (TPSA) is 74.7 Å². The number of pyridine rings is 1. The zero-order valence-corrected chi connectivity index (χ0v) is 12.7. The summed E-state index contributed by atoms with van der Waals surface area (Å²) in [4.78, 5) is 6.99. The molecule has 1 heterocycles. The lowest BCUT2D eigenvalue weighted by atomic mass is 10.1. The van der Waals surface area contributed by atoms with Gasteiger partial charge in [0.25, 0.3) is 0 Å². The van der Waals surface area contributed by atoms with Gasteiger partial charge < -0.3 is 15.8 Å². The van der Waals surface area contributed by atoms with E-state index in [2.05, 4.69) is 28.9 Å². The van der Waals surface area contributed by atoms with Gasteiger partial charge in [0, 0.05) is 18.3 Å². The Morgan fingerprint density at radius 2 is 2.15 bits per heavy atom. The first-order valence-electron chi connectivity index (χ1n) is 7.16. The highest BCUT2D eigenvalue weighted by molar-refractivity contribution is 6.02. The molecular formula is C15H24N4O. The van der Waals surface area contributed by atoms with Gasteiger partial charge in [0.05, 0.1) is 5.56 Å². The normalized spacial score (nSPS) is 15.8. The lowest BCUT2D eigenvalue weighted by Crippen LogP contribution is -2.33. The summed E-state index contributed by atoms with van der Waals surface area (Å²) in [6.07, 6.45) is 2.38. The summed E-state index contributed by atoms with van der Waals surface area (Å²) in [6.45, 7) is 9.29. The van der Waals surface area contributed by atoms with E-state index >= 15 is 0 Å². The average Bonchev–Trinajstić information content (AvgIpc) is 3.18. The molecule has 1 fully saturated rings. The van der Waals surface area contributed by atoms with E-state index in [4.69, 9.17) is 10.9 Å². The second-order valence-electron chi connectivity index (χ2n) is 6.04. The zero-order valence-electron chi connectivity index (χ0n) is 12.7. The average molecular weight is 276 g/mol. The number of oxime groups is 1. The van der Waals surface area contributed by atoms with Gasteiger partial charge in [-0.2, -0.15) is 0 Å². The number of anilines is 1. The van der Waals surface area contributed by atoms with E-state index in [0.717, 1.165) is 29.2 Å². The van der Waals surface area contributed by atoms with Crippen molar-refractivity contribution in [3.05, 3.63) is 22.9 Å². The summed E-state index contributed by atoms with van der Waals surface area (Å²) >= 11 is 0. The predicted molar refractivity (Wildman–Crippen MR) is 81.4 cm³/mol. The standard InChI is InChI=1S/C15H24N4O/c1-9(2)8-19(12-5-6-12)15-13(14(16)18-20)10(3)7-11(4)17-15/h7,9,12,20H,5-6,8H2,1-4H3,(H2,16,18). The fraction of sp³-hybridized carbons (Fsp3) is 0.600. The van der Waals surface area contributed by atoms with Crippen LogP contribution < -0.4 is 10.6 Å². The lowest BCUT2D eigenvalue weighted by Gasteiger charge is -2.28. The highest BCUT2D eigenvalue weighted by atomic mass is 16.4. The molecule has 5 heteroatoms. The van der Waals surface area contributed by atoms with Crippen LogP contribution in [0.1, 0.15) is 43.5 Å². The number of aryl methyl sites for hydroxylation is 2. The van der Waals surface area contributed by atoms with Gasteiger partial charge in [-0.1, -0.05) is 19.0 Å². The van der Waals surface area contributed by atoms with Crippen molar-refractivity contribution in [1.29, 1.82) is 0 Å². The molecule has 0 aromatic carbocycles. The molecule has 2 rings (SSSR count). The quantitative estimate of drug-likeness (QED) is 0.375. The molecule has 5 nitrogen and oxygen atoms in total. The van der Waals surface area contributed by atoms with Crippen molar-refractivity contribution in [3.63, 3.8) is 0 Å². The van der Waals surface area contributed by atoms with E-state index in [0.29, 0.717) is 12.0 Å². The van der Waals surface area contributed by atoms with Gasteiger partial charge in [0.15, 0.2) is 5.84 Å². The molecule has 1 aromatic heterocycles. The van der Waals surface area contributed by atoms with Gasteiger partial charge in [-0.15, -0.1) is 0 Å². The van der Waals surface area contributed by atoms with Crippen molar-refractivity contribution in [1.82, 2.24) is 4.98 Å². The Labute approximate surface area is 120 Å². The predicted octanol–water partition coefficient (Wildman–Crippen LogP) is 2.42. The van der Waals surface area contributed by atoms with Gasteiger partial charge >= 0.3 is 0 Å². The number of hydrogen-bond acceptors (Lipinski definition) is 4. The van der Waals surface area contributed by atoms with Crippen LogP contribution in [0.5, 0.6) is 0 Å². The SMILES string of the molecule is Cc1cc(C)c(C(N)=NO)c(N(CC(C)C)C2CC2)n1. The largest absolute Gasteiger partial charge is 0.409 e. The second kappa shape index (κ2) is 5.69. The van der Waals surface area contributed by atoms with Crippen LogP contribution >= 0.6 is 0 Å². The molecule has 1 aliphatic rings. The zero-order chi connectivity index (χ0) is 14.9. The number of nitrogens with zero attached hydrogens (tertiary/aromatic N) is 3. The maximum Gasteiger partial charge on any atom is 0.174 e. The fourth-order valence-electron chi connectivity index (χ4n) is 2.58. The van der Waals surface area contributed by atoms with Gasteiger partial charge in [0.2, 0.25) is 0 Å². The third-order valence-electron chi connectivity index (χ3n) is 3.51. The number of amidine groups is 1. The van der Waals surface area contributed by atoms with E-state index in [-0.39, 0.29) is 5.84 Å². The Morgan fingerprint density at radius 1 is 1.50 bits per heavy atom. The van der Waals surface area contributed by atoms with Gasteiger partial charge in [0.1, 0.15) is 5.82 Å². The molecule has 0 radical (unpaired) electrons. The van der Waals surface area contributed by atoms with Crippen molar-refractivity contribution >= 4 is 11.7 Å². The molecule has 20 heavy (non-hydrogen) atoms. The highest BCUT2D eigenvalue weighted by Gasteiger charge is 2.32. The molecule has 0 atom stereocenters. The van der Waals surface area contributed by atoms with Gasteiger partial charge in [-0.3, -0.25) is 0 Å². The van der Waals surface area contributed by atoms with Crippen LogP contribution in [0.2, 0.25) is 0 Å². The van der Waals surface area contributed by atoms with Gasteiger partial charge in [-0.05, 0) is 44.2 Å². The van der Waals surface area contributed by atoms with Crippen LogP contribution in [0.15, 0.2) is 11.2 Å². The Balaban J connectivity index is 2.51. The summed E-state index contributed by atoms with van der Waals surface area (Å²) in [6, 6.07) is 2.51. The maximum absolute atomic E-state index is 9.04. The van der Waals surface area contributed by atoms with Crippen LogP contribution in [0.4, 0.5) is 5.82 Å². The lowest BCUT2D eigenvalue weighted by molar-refractivity contribution is 0.318. The van der Waals surface area contributed by atoms with E-state index < -0.39 is 0 Å². The molecule has 0 bridgehead atoms. The second-order valence-corrected chi connectivity index (χ2v) is 6.04. The summed E-state index contributed by atoms with van der Waals surface area (Å²) < 4.78 is 0. The Morgan fingerprint density at radius 3 is 2.65 bits per heavy atom. The summed E-state index contributed by atoms with van der Waals surface area (Å²) in [5.74, 6) is 1.53. The minimum Gasteiger partial charge on any atom is -0.409 e. The van der Waals surface area contributed by atoms with Crippen LogP contribution in [0, 0.1) is 19.8 Å². The molecule has 1 saturated carbocycles. The first kappa shape index (κ1) is 14.6. The Bertz CT molecular complexity index is 521. The third kappa shape index (κ3) is 3.03. The third-order valence-corrected chi connectivity index (χ3v) is 3.51. The molecule has 0 aliphatic heterocycles. The molecule has 0 unspecified atom stereocenters. The molecule has 0 saturated heterocycles. The van der Waals surface area contributed by atoms with Crippen molar-refractivity contribution in [2.45, 2.75) is 46.6 Å². The smallest absolute Gasteiger partial charge is 0.174 e. The van der Waals surface area contributed by atoms with E-state index in [1.807, 2.05) is 19.9 Å². The molecule has 3 N–H and O–H groups in total. The Hall–Kier alpha value is -1.78. The van der Waals surface area contributed by atoms with E-state index in [9.17, 15) is 0 Å². The molecule has 110 valence electrons. The monoisotopic (exact) mass is 276 g/mol. The number of hydrogen-bond donors (Lipinski definition) is 2. The fourth-order valence-corrected chi connectivity index (χ4v) is 2.58. The van der Waals surface area contributed by atoms with Crippen molar-refractivity contribution in [3.8, 4) is 0 Å². The van der Waals surface area contributed by atoms with Crippen LogP contribution in [-0.4, -0.2) is 28.6 Å².